The van der Waals surface area contributed by atoms with Crippen molar-refractivity contribution >= 4 is 17.7 Å². The van der Waals surface area contributed by atoms with E-state index >= 15 is 0 Å². The van der Waals surface area contributed by atoms with Crippen LogP contribution in [0.4, 0.5) is 18.0 Å². The van der Waals surface area contributed by atoms with E-state index in [0.29, 0.717) is 5.56 Å². The number of carbonyl (C=O) groups is 1. The standard InChI is InChI=1S/C16H18ClF3N2O3/c1-15(2,3)25-14(23)22(8-4-7-21)10-11-5-6-13(12(17)9-11)24-16(18,19)20/h5-6,9H,4,8,10H2,1-3H3. The van der Waals surface area contributed by atoms with E-state index in [1.807, 2.05) is 6.07 Å². The molecule has 0 aliphatic carbocycles. The molecule has 0 atom stereocenters. The summed E-state index contributed by atoms with van der Waals surface area (Å²) in [6.07, 6.45) is -5.39. The molecule has 0 bridgehead atoms. The fourth-order valence-corrected chi connectivity index (χ4v) is 2.06. The number of alkyl halides is 3. The Balaban J connectivity index is 2.91. The van der Waals surface area contributed by atoms with Gasteiger partial charge < -0.3 is 14.4 Å². The van der Waals surface area contributed by atoms with Gasteiger partial charge in [0.2, 0.25) is 0 Å². The molecule has 1 aromatic carbocycles. The Kier molecular flexibility index (Phi) is 6.94. The number of nitriles is 1. The van der Waals surface area contributed by atoms with Gasteiger partial charge in [-0.2, -0.15) is 5.26 Å². The molecule has 0 aromatic heterocycles. The Morgan fingerprint density at radius 3 is 2.44 bits per heavy atom. The fraction of sp³-hybridized carbons (Fsp3) is 0.500. The molecule has 0 fully saturated rings. The zero-order valence-electron chi connectivity index (χ0n) is 14.0. The second-order valence-corrected chi connectivity index (χ2v) is 6.53. The van der Waals surface area contributed by atoms with Gasteiger partial charge >= 0.3 is 12.5 Å². The highest BCUT2D eigenvalue weighted by atomic mass is 35.5. The van der Waals surface area contributed by atoms with Crippen LogP contribution in [0.1, 0.15) is 32.8 Å². The number of hydrogen-bond acceptors (Lipinski definition) is 4. The molecule has 0 N–H and O–H groups in total. The maximum Gasteiger partial charge on any atom is 0.573 e. The number of benzene rings is 1. The Bertz CT molecular complexity index is 651. The number of ether oxygens (including phenoxy) is 2. The van der Waals surface area contributed by atoms with Crippen molar-refractivity contribution in [3.05, 3.63) is 28.8 Å². The highest BCUT2D eigenvalue weighted by molar-refractivity contribution is 6.32. The summed E-state index contributed by atoms with van der Waals surface area (Å²) in [6.45, 7) is 5.25. The lowest BCUT2D eigenvalue weighted by molar-refractivity contribution is -0.274. The van der Waals surface area contributed by atoms with E-state index in [2.05, 4.69) is 4.74 Å². The lowest BCUT2D eigenvalue weighted by atomic mass is 10.2. The van der Waals surface area contributed by atoms with Gasteiger partial charge in [-0.25, -0.2) is 4.79 Å². The maximum atomic E-state index is 12.3. The van der Waals surface area contributed by atoms with Crippen LogP contribution in [0.25, 0.3) is 0 Å². The van der Waals surface area contributed by atoms with Crippen LogP contribution in [0.2, 0.25) is 5.02 Å². The molecule has 9 heteroatoms. The fourth-order valence-electron chi connectivity index (χ4n) is 1.82. The molecule has 0 saturated carbocycles. The Morgan fingerprint density at radius 1 is 1.32 bits per heavy atom. The summed E-state index contributed by atoms with van der Waals surface area (Å²) in [5, 5.41) is 8.47. The van der Waals surface area contributed by atoms with Gasteiger partial charge in [0.1, 0.15) is 11.4 Å². The van der Waals surface area contributed by atoms with E-state index in [-0.39, 0.29) is 24.5 Å². The van der Waals surface area contributed by atoms with Crippen molar-refractivity contribution in [1.29, 1.82) is 5.26 Å². The van der Waals surface area contributed by atoms with Crippen molar-refractivity contribution in [2.24, 2.45) is 0 Å². The molecule has 5 nitrogen and oxygen atoms in total. The van der Waals surface area contributed by atoms with Crippen molar-refractivity contribution in [2.75, 3.05) is 6.54 Å². The zero-order valence-corrected chi connectivity index (χ0v) is 14.7. The molecular formula is C16H18ClF3N2O3. The van der Waals surface area contributed by atoms with E-state index in [1.54, 1.807) is 20.8 Å². The number of nitrogens with zero attached hydrogens (tertiary/aromatic N) is 2. The van der Waals surface area contributed by atoms with Crippen molar-refractivity contribution in [3.63, 3.8) is 0 Å². The third-order valence-corrected chi connectivity index (χ3v) is 3.04. The van der Waals surface area contributed by atoms with Gasteiger partial charge in [-0.3, -0.25) is 0 Å². The molecule has 138 valence electrons. The normalized spacial score (nSPS) is 11.6. The van der Waals surface area contributed by atoms with E-state index in [4.69, 9.17) is 21.6 Å². The smallest absolute Gasteiger partial charge is 0.444 e. The summed E-state index contributed by atoms with van der Waals surface area (Å²) in [4.78, 5) is 13.5. The average Bonchev–Trinajstić information content (AvgIpc) is 2.43. The van der Waals surface area contributed by atoms with Gasteiger partial charge in [-0.15, -0.1) is 13.2 Å². The molecule has 0 spiro atoms. The van der Waals surface area contributed by atoms with Crippen molar-refractivity contribution < 1.29 is 27.4 Å². The number of carbonyl (C=O) groups excluding carboxylic acids is 1. The van der Waals surface area contributed by atoms with Crippen LogP contribution in [-0.4, -0.2) is 29.5 Å². The topological polar surface area (TPSA) is 62.6 Å². The van der Waals surface area contributed by atoms with Crippen LogP contribution in [0, 0.1) is 11.3 Å². The van der Waals surface area contributed by atoms with E-state index in [9.17, 15) is 18.0 Å². The summed E-state index contributed by atoms with van der Waals surface area (Å²) >= 11 is 5.80. The minimum Gasteiger partial charge on any atom is -0.444 e. The summed E-state index contributed by atoms with van der Waals surface area (Å²) in [5.74, 6) is -0.529. The van der Waals surface area contributed by atoms with E-state index in [0.717, 1.165) is 6.07 Å². The van der Waals surface area contributed by atoms with Gasteiger partial charge in [0.25, 0.3) is 0 Å². The van der Waals surface area contributed by atoms with Crippen LogP contribution in [-0.2, 0) is 11.3 Å². The summed E-state index contributed by atoms with van der Waals surface area (Å²) < 4.78 is 45.8. The summed E-state index contributed by atoms with van der Waals surface area (Å²) in [5.41, 5.74) is -0.243. The molecule has 1 rings (SSSR count). The lowest BCUT2D eigenvalue weighted by Crippen LogP contribution is -2.37. The Labute approximate surface area is 148 Å². The molecule has 0 unspecified atom stereocenters. The quantitative estimate of drug-likeness (QED) is 0.731. The highest BCUT2D eigenvalue weighted by Crippen LogP contribution is 2.31. The minimum atomic E-state index is -4.85. The Morgan fingerprint density at radius 2 is 1.96 bits per heavy atom. The van der Waals surface area contributed by atoms with Gasteiger partial charge in [-0.1, -0.05) is 17.7 Å². The second kappa shape index (κ2) is 8.30. The summed E-state index contributed by atoms with van der Waals surface area (Å²) in [6, 6.07) is 5.63. The molecule has 0 radical (unpaired) electrons. The van der Waals surface area contributed by atoms with Crippen LogP contribution < -0.4 is 4.74 Å². The number of halogens is 4. The van der Waals surface area contributed by atoms with Gasteiger partial charge in [-0.05, 0) is 38.5 Å². The van der Waals surface area contributed by atoms with Crippen molar-refractivity contribution in [2.45, 2.75) is 45.7 Å². The third-order valence-electron chi connectivity index (χ3n) is 2.74. The number of rotatable bonds is 5. The van der Waals surface area contributed by atoms with E-state index in [1.165, 1.54) is 17.0 Å². The van der Waals surface area contributed by atoms with E-state index < -0.39 is 23.8 Å². The minimum absolute atomic E-state index is 0.0304. The first kappa shape index (κ1) is 20.9. The lowest BCUT2D eigenvalue weighted by Gasteiger charge is -2.27. The molecule has 25 heavy (non-hydrogen) atoms. The molecular weight excluding hydrogens is 361 g/mol. The van der Waals surface area contributed by atoms with Gasteiger partial charge in [0, 0.05) is 13.1 Å². The molecule has 0 aliphatic heterocycles. The SMILES string of the molecule is CC(C)(C)OC(=O)N(CCC#N)Cc1ccc(OC(F)(F)F)c(Cl)c1. The summed E-state index contributed by atoms with van der Waals surface area (Å²) in [7, 11) is 0. The highest BCUT2D eigenvalue weighted by Gasteiger charge is 2.32. The largest absolute Gasteiger partial charge is 0.573 e. The number of hydrogen-bond donors (Lipinski definition) is 0. The van der Waals surface area contributed by atoms with Gasteiger partial charge in [0.05, 0.1) is 17.5 Å². The van der Waals surface area contributed by atoms with Crippen LogP contribution in [0.3, 0.4) is 0 Å². The van der Waals surface area contributed by atoms with Crippen molar-refractivity contribution in [1.82, 2.24) is 4.90 Å². The molecule has 0 heterocycles. The maximum absolute atomic E-state index is 12.3. The first-order chi connectivity index (χ1) is 11.4. The third kappa shape index (κ3) is 7.98. The first-order valence-electron chi connectivity index (χ1n) is 7.30. The second-order valence-electron chi connectivity index (χ2n) is 6.12. The predicted octanol–water partition coefficient (Wildman–Crippen LogP) is 4.89. The van der Waals surface area contributed by atoms with Crippen LogP contribution >= 0.6 is 11.6 Å². The van der Waals surface area contributed by atoms with Crippen LogP contribution in [0.5, 0.6) is 5.75 Å². The number of amides is 1. The molecule has 1 aromatic rings. The average molecular weight is 379 g/mol. The Hall–Kier alpha value is -2.14. The molecule has 1 amide bonds. The molecule has 0 saturated heterocycles. The molecule has 0 aliphatic rings. The monoisotopic (exact) mass is 378 g/mol. The zero-order chi connectivity index (χ0) is 19.3. The van der Waals surface area contributed by atoms with Crippen molar-refractivity contribution in [3.8, 4) is 11.8 Å². The predicted molar refractivity (Wildman–Crippen MR) is 85.0 cm³/mol. The first-order valence-corrected chi connectivity index (χ1v) is 7.68. The van der Waals surface area contributed by atoms with Gasteiger partial charge in [0.15, 0.2) is 0 Å². The van der Waals surface area contributed by atoms with Crippen LogP contribution in [0.15, 0.2) is 18.2 Å².